The molecule has 2 N–H and O–H groups in total. The summed E-state index contributed by atoms with van der Waals surface area (Å²) in [6.45, 7) is 0. The van der Waals surface area contributed by atoms with E-state index >= 15 is 0 Å². The first-order valence-electron chi connectivity index (χ1n) is 4.51. The molecule has 0 aliphatic rings. The van der Waals surface area contributed by atoms with Crippen molar-refractivity contribution in [2.75, 3.05) is 14.2 Å². The van der Waals surface area contributed by atoms with Crippen molar-refractivity contribution in [3.63, 3.8) is 0 Å². The van der Waals surface area contributed by atoms with Gasteiger partial charge in [-0.3, -0.25) is 9.59 Å². The molecule has 0 heterocycles. The Kier molecular flexibility index (Phi) is 6.93. The van der Waals surface area contributed by atoms with Crippen LogP contribution < -0.4 is 0 Å². The van der Waals surface area contributed by atoms with Gasteiger partial charge in [0.1, 0.15) is 5.91 Å². The molecule has 0 amide bonds. The quantitative estimate of drug-likeness (QED) is 0.428. The topological polar surface area (TPSA) is 93.1 Å². The fourth-order valence-corrected chi connectivity index (χ4v) is 2.79. The lowest BCUT2D eigenvalue weighted by atomic mass is 10.1. The third-order valence-electron chi connectivity index (χ3n) is 2.05. The minimum absolute atomic E-state index is 0.345. The molecule has 0 aromatic heterocycles. The van der Waals surface area contributed by atoms with E-state index in [4.69, 9.17) is 19.7 Å². The van der Waals surface area contributed by atoms with E-state index in [2.05, 4.69) is 0 Å². The molecule has 0 aliphatic carbocycles. The zero-order chi connectivity index (χ0) is 11.8. The van der Waals surface area contributed by atoms with Crippen molar-refractivity contribution >= 4 is 21.5 Å². The van der Waals surface area contributed by atoms with Gasteiger partial charge in [0.2, 0.25) is 0 Å². The van der Waals surface area contributed by atoms with Gasteiger partial charge in [0.05, 0.1) is 21.9 Å². The van der Waals surface area contributed by atoms with Gasteiger partial charge < -0.3 is 19.7 Å². The van der Waals surface area contributed by atoms with Crippen molar-refractivity contribution < 1.29 is 29.3 Å². The number of hydrogen-bond donors (Lipinski definition) is 2. The zero-order valence-corrected chi connectivity index (χ0v) is 10.2. The Labute approximate surface area is 90.0 Å². The van der Waals surface area contributed by atoms with Gasteiger partial charge in [0.15, 0.2) is 0 Å². The first-order valence-corrected chi connectivity index (χ1v) is 6.33. The fraction of sp³-hybridized carbons (Fsp3) is 0.750. The second kappa shape index (κ2) is 7.38. The van der Waals surface area contributed by atoms with Crippen LogP contribution in [0.25, 0.3) is 0 Å². The van der Waals surface area contributed by atoms with Crippen LogP contribution in [-0.2, 0) is 19.1 Å². The molecular formula is C8H16O6Si. The third kappa shape index (κ3) is 6.21. The minimum atomic E-state index is -1.09. The maximum absolute atomic E-state index is 10.7. The largest absolute Gasteiger partial charge is 0.481 e. The first kappa shape index (κ1) is 14.1. The van der Waals surface area contributed by atoms with E-state index in [1.54, 1.807) is 0 Å². The van der Waals surface area contributed by atoms with Crippen LogP contribution in [0.2, 0.25) is 6.04 Å². The van der Waals surface area contributed by atoms with E-state index < -0.39 is 27.4 Å². The van der Waals surface area contributed by atoms with Gasteiger partial charge >= 0.3 is 11.9 Å². The molecule has 0 bridgehead atoms. The standard InChI is InChI=1S/C8H16O6Si/c1-13-8(14-2)15-4-5(7(11)12)3-6(9)10/h5,8H,3-4,15H2,1-2H3,(H,9,10)(H,11,12). The number of carboxylic acid groups (broad SMARTS) is 2. The van der Waals surface area contributed by atoms with Crippen LogP contribution in [0.3, 0.4) is 0 Å². The van der Waals surface area contributed by atoms with Crippen LogP contribution >= 0.6 is 0 Å². The molecule has 1 unspecified atom stereocenters. The van der Waals surface area contributed by atoms with Gasteiger partial charge in [-0.25, -0.2) is 0 Å². The molecule has 0 fully saturated rings. The highest BCUT2D eigenvalue weighted by atomic mass is 28.2. The molecular weight excluding hydrogens is 220 g/mol. The van der Waals surface area contributed by atoms with E-state index in [1.807, 2.05) is 0 Å². The SMILES string of the molecule is COC(OC)[SiH2]CC(CC(=O)O)C(=O)O. The van der Waals surface area contributed by atoms with Gasteiger partial charge in [-0.2, -0.15) is 0 Å². The van der Waals surface area contributed by atoms with Gasteiger partial charge in [-0.05, 0) is 6.04 Å². The smallest absolute Gasteiger partial charge is 0.306 e. The molecule has 0 aromatic rings. The van der Waals surface area contributed by atoms with Crippen molar-refractivity contribution in [3.8, 4) is 0 Å². The first-order chi connectivity index (χ1) is 7.01. The van der Waals surface area contributed by atoms with Crippen molar-refractivity contribution in [1.82, 2.24) is 0 Å². The highest BCUT2D eigenvalue weighted by molar-refractivity contribution is 6.37. The highest BCUT2D eigenvalue weighted by Gasteiger charge is 2.22. The molecule has 15 heavy (non-hydrogen) atoms. The van der Waals surface area contributed by atoms with Crippen molar-refractivity contribution in [2.24, 2.45) is 5.92 Å². The van der Waals surface area contributed by atoms with Crippen molar-refractivity contribution in [3.05, 3.63) is 0 Å². The molecule has 0 aliphatic heterocycles. The monoisotopic (exact) mass is 236 g/mol. The molecule has 0 saturated heterocycles. The predicted molar refractivity (Wildman–Crippen MR) is 54.5 cm³/mol. The fourth-order valence-electron chi connectivity index (χ4n) is 1.19. The van der Waals surface area contributed by atoms with E-state index in [-0.39, 0.29) is 12.3 Å². The summed E-state index contributed by atoms with van der Waals surface area (Å²) in [6, 6.07) is 0.355. The summed E-state index contributed by atoms with van der Waals surface area (Å²) in [5.74, 6) is -3.35. The predicted octanol–water partition coefficient (Wildman–Crippen LogP) is -0.675. The number of aliphatic carboxylic acids is 2. The lowest BCUT2D eigenvalue weighted by molar-refractivity contribution is -0.147. The van der Waals surface area contributed by atoms with E-state index in [9.17, 15) is 9.59 Å². The number of carboxylic acids is 2. The van der Waals surface area contributed by atoms with Crippen LogP contribution in [0, 0.1) is 5.92 Å². The normalized spacial score (nSPS) is 13.5. The molecule has 0 spiro atoms. The summed E-state index contributed by atoms with van der Waals surface area (Å²) >= 11 is 0. The second-order valence-corrected chi connectivity index (χ2v) is 4.93. The summed E-state index contributed by atoms with van der Waals surface area (Å²) in [6.07, 6.45) is -0.345. The maximum Gasteiger partial charge on any atom is 0.306 e. The molecule has 0 aromatic carbocycles. The Bertz CT molecular complexity index is 215. The number of carbonyl (C=O) groups is 2. The van der Waals surface area contributed by atoms with Gasteiger partial charge in [0, 0.05) is 14.2 Å². The van der Waals surface area contributed by atoms with Crippen LogP contribution in [-0.4, -0.2) is 51.8 Å². The van der Waals surface area contributed by atoms with Crippen LogP contribution in [0.1, 0.15) is 6.42 Å². The average molecular weight is 236 g/mol. The molecule has 0 radical (unpaired) electrons. The molecule has 6 nitrogen and oxygen atoms in total. The third-order valence-corrected chi connectivity index (χ3v) is 4.22. The summed E-state index contributed by atoms with van der Waals surface area (Å²) in [5.41, 5.74) is 0. The summed E-state index contributed by atoms with van der Waals surface area (Å²) < 4.78 is 9.87. The molecule has 1 atom stereocenters. The number of rotatable bonds is 8. The van der Waals surface area contributed by atoms with Crippen molar-refractivity contribution in [1.29, 1.82) is 0 Å². The molecule has 0 rings (SSSR count). The van der Waals surface area contributed by atoms with E-state index in [0.29, 0.717) is 6.04 Å². The maximum atomic E-state index is 10.7. The molecule has 0 saturated carbocycles. The van der Waals surface area contributed by atoms with Crippen LogP contribution in [0.4, 0.5) is 0 Å². The minimum Gasteiger partial charge on any atom is -0.481 e. The lowest BCUT2D eigenvalue weighted by Crippen LogP contribution is -2.27. The Morgan fingerprint density at radius 1 is 1.27 bits per heavy atom. The van der Waals surface area contributed by atoms with E-state index in [1.165, 1.54) is 14.2 Å². The number of hydrogen-bond acceptors (Lipinski definition) is 4. The highest BCUT2D eigenvalue weighted by Crippen LogP contribution is 2.10. The second-order valence-electron chi connectivity index (χ2n) is 3.11. The van der Waals surface area contributed by atoms with Crippen molar-refractivity contribution in [2.45, 2.75) is 18.4 Å². The Hall–Kier alpha value is -0.923. The summed E-state index contributed by atoms with van der Waals surface area (Å²) in [4.78, 5) is 21.1. The molecule has 88 valence electrons. The van der Waals surface area contributed by atoms with Gasteiger partial charge in [-0.1, -0.05) is 0 Å². The lowest BCUT2D eigenvalue weighted by Gasteiger charge is -2.15. The Morgan fingerprint density at radius 2 is 1.80 bits per heavy atom. The average Bonchev–Trinajstić information content (AvgIpc) is 2.16. The zero-order valence-electron chi connectivity index (χ0n) is 8.80. The number of ether oxygens (including phenoxy) is 2. The Balaban J connectivity index is 4.06. The summed E-state index contributed by atoms with van der Waals surface area (Å²) in [5, 5.41) is 17.3. The van der Waals surface area contributed by atoms with Gasteiger partial charge in [0.25, 0.3) is 0 Å². The van der Waals surface area contributed by atoms with Gasteiger partial charge in [-0.15, -0.1) is 0 Å². The number of methoxy groups -OCH3 is 2. The Morgan fingerprint density at radius 3 is 2.13 bits per heavy atom. The summed E-state index contributed by atoms with van der Waals surface area (Å²) in [7, 11) is 2.06. The van der Waals surface area contributed by atoms with Crippen LogP contribution in [0.5, 0.6) is 0 Å². The molecule has 7 heteroatoms. The van der Waals surface area contributed by atoms with E-state index in [0.717, 1.165) is 0 Å². The van der Waals surface area contributed by atoms with Crippen LogP contribution in [0.15, 0.2) is 0 Å².